The number of ketones is 1. The number of Topliss-reactive ketones (excluding diaryl/α,β-unsaturated/α-hetero) is 1. The molecule has 1 heterocycles. The second-order valence-corrected chi connectivity index (χ2v) is 6.08. The Kier molecular flexibility index (Phi) is 2.62. The summed E-state index contributed by atoms with van der Waals surface area (Å²) in [7, 11) is 0. The van der Waals surface area contributed by atoms with Crippen LogP contribution >= 0.6 is 15.9 Å². The van der Waals surface area contributed by atoms with E-state index in [-0.39, 0.29) is 11.7 Å². The van der Waals surface area contributed by atoms with Crippen molar-refractivity contribution in [3.63, 3.8) is 0 Å². The minimum atomic E-state index is -0.195. The number of halogens is 1. The Balaban J connectivity index is 1.94. The fourth-order valence-corrected chi connectivity index (χ4v) is 3.33. The highest BCUT2D eigenvalue weighted by molar-refractivity contribution is 9.10. The predicted octanol–water partition coefficient (Wildman–Crippen LogP) is 3.59. The normalized spacial score (nSPS) is 19.5. The number of nitrogens with one attached hydrogen (secondary N) is 1. The van der Waals surface area contributed by atoms with Crippen LogP contribution in [0.4, 0.5) is 5.69 Å². The molecule has 3 nitrogen and oxygen atoms in total. The summed E-state index contributed by atoms with van der Waals surface area (Å²) in [6, 6.07) is 13.1. The van der Waals surface area contributed by atoms with Gasteiger partial charge in [0.25, 0.3) is 5.91 Å². The van der Waals surface area contributed by atoms with E-state index in [9.17, 15) is 9.59 Å². The van der Waals surface area contributed by atoms with Gasteiger partial charge in [-0.2, -0.15) is 0 Å². The summed E-state index contributed by atoms with van der Waals surface area (Å²) in [5, 5.41) is 2.83. The molecule has 4 rings (SSSR count). The molecule has 0 bridgehead atoms. The molecule has 0 saturated carbocycles. The van der Waals surface area contributed by atoms with Gasteiger partial charge in [0.1, 0.15) is 0 Å². The summed E-state index contributed by atoms with van der Waals surface area (Å²) in [5.74, 6) is -0.233. The van der Waals surface area contributed by atoms with Crippen molar-refractivity contribution >= 4 is 38.9 Å². The van der Waals surface area contributed by atoms with Crippen LogP contribution in [0.15, 0.2) is 52.5 Å². The van der Waals surface area contributed by atoms with E-state index in [0.717, 1.165) is 21.3 Å². The molecular formula is C17H10BrNO2. The second-order valence-electron chi connectivity index (χ2n) is 5.16. The minimum Gasteiger partial charge on any atom is -0.321 e. The van der Waals surface area contributed by atoms with Crippen LogP contribution < -0.4 is 5.32 Å². The first-order valence-electron chi connectivity index (χ1n) is 6.62. The van der Waals surface area contributed by atoms with Gasteiger partial charge in [-0.3, -0.25) is 9.59 Å². The number of rotatable bonds is 0. The van der Waals surface area contributed by atoms with Gasteiger partial charge in [-0.15, -0.1) is 0 Å². The van der Waals surface area contributed by atoms with Gasteiger partial charge in [0.15, 0.2) is 5.78 Å². The Morgan fingerprint density at radius 2 is 1.81 bits per heavy atom. The van der Waals surface area contributed by atoms with E-state index in [2.05, 4.69) is 21.2 Å². The Hall–Kier alpha value is -2.20. The predicted molar refractivity (Wildman–Crippen MR) is 84.2 cm³/mol. The van der Waals surface area contributed by atoms with Crippen LogP contribution in [0.5, 0.6) is 0 Å². The number of hydrogen-bond donors (Lipinski definition) is 1. The van der Waals surface area contributed by atoms with Crippen molar-refractivity contribution in [3.8, 4) is 0 Å². The van der Waals surface area contributed by atoms with Gasteiger partial charge in [0.05, 0.1) is 5.57 Å². The molecule has 0 radical (unpaired) electrons. The quantitative estimate of drug-likeness (QED) is 0.745. The van der Waals surface area contributed by atoms with E-state index >= 15 is 0 Å². The number of benzene rings is 2. The standard InChI is InChI=1S/C17H10BrNO2/c18-10-5-6-14-12(8-10)15(17(21)19-14)13-7-9-3-1-2-4-11(9)16(13)20/h1-6,8H,7H2,(H,19,21)/b15-13+. The molecular weight excluding hydrogens is 330 g/mol. The fourth-order valence-electron chi connectivity index (χ4n) is 2.97. The molecule has 0 spiro atoms. The molecule has 1 amide bonds. The average Bonchev–Trinajstić information content (AvgIpc) is 2.96. The van der Waals surface area contributed by atoms with Crippen molar-refractivity contribution in [2.75, 3.05) is 5.32 Å². The zero-order chi connectivity index (χ0) is 14.6. The lowest BCUT2D eigenvalue weighted by Gasteiger charge is -2.02. The smallest absolute Gasteiger partial charge is 0.256 e. The number of fused-ring (bicyclic) bond motifs is 2. The molecule has 0 atom stereocenters. The van der Waals surface area contributed by atoms with E-state index in [1.165, 1.54) is 0 Å². The molecule has 0 saturated heterocycles. The molecule has 2 aliphatic rings. The first kappa shape index (κ1) is 12.5. The lowest BCUT2D eigenvalue weighted by Crippen LogP contribution is -2.09. The Morgan fingerprint density at radius 3 is 2.62 bits per heavy atom. The third kappa shape index (κ3) is 1.79. The molecule has 0 unspecified atom stereocenters. The fraction of sp³-hybridized carbons (Fsp3) is 0.0588. The highest BCUT2D eigenvalue weighted by Gasteiger charge is 2.34. The Bertz CT molecular complexity index is 852. The van der Waals surface area contributed by atoms with Gasteiger partial charge in [-0.25, -0.2) is 0 Å². The molecule has 0 fully saturated rings. The second kappa shape index (κ2) is 4.40. The van der Waals surface area contributed by atoms with Crippen molar-refractivity contribution in [2.45, 2.75) is 6.42 Å². The topological polar surface area (TPSA) is 46.2 Å². The van der Waals surface area contributed by atoms with Crippen LogP contribution in [0.3, 0.4) is 0 Å². The SMILES string of the molecule is O=C1Nc2ccc(Br)cc2/C1=C1/Cc2ccccc2C1=O. The molecule has 2 aromatic rings. The van der Waals surface area contributed by atoms with Gasteiger partial charge >= 0.3 is 0 Å². The Labute approximate surface area is 129 Å². The van der Waals surface area contributed by atoms with Crippen molar-refractivity contribution in [1.82, 2.24) is 0 Å². The number of carbonyl (C=O) groups is 2. The van der Waals surface area contributed by atoms with E-state index in [4.69, 9.17) is 0 Å². The number of hydrogen-bond acceptors (Lipinski definition) is 2. The maximum Gasteiger partial charge on any atom is 0.256 e. The van der Waals surface area contributed by atoms with Crippen LogP contribution in [0, 0.1) is 0 Å². The summed E-state index contributed by atoms with van der Waals surface area (Å²) in [5.41, 5.74) is 4.34. The molecule has 2 aromatic carbocycles. The molecule has 21 heavy (non-hydrogen) atoms. The van der Waals surface area contributed by atoms with Crippen LogP contribution in [0.1, 0.15) is 21.5 Å². The van der Waals surface area contributed by atoms with E-state index in [1.807, 2.05) is 42.5 Å². The summed E-state index contributed by atoms with van der Waals surface area (Å²) >= 11 is 3.42. The largest absolute Gasteiger partial charge is 0.321 e. The summed E-state index contributed by atoms with van der Waals surface area (Å²) < 4.78 is 0.888. The van der Waals surface area contributed by atoms with E-state index < -0.39 is 0 Å². The van der Waals surface area contributed by atoms with Crippen LogP contribution in [-0.4, -0.2) is 11.7 Å². The van der Waals surface area contributed by atoms with Crippen molar-refractivity contribution < 1.29 is 9.59 Å². The van der Waals surface area contributed by atoms with Crippen LogP contribution in [0.2, 0.25) is 0 Å². The van der Waals surface area contributed by atoms with Gasteiger partial charge in [-0.1, -0.05) is 40.2 Å². The number of carbonyl (C=O) groups excluding carboxylic acids is 2. The molecule has 4 heteroatoms. The number of anilines is 1. The summed E-state index contributed by atoms with van der Waals surface area (Å²) in [4.78, 5) is 24.9. The molecule has 1 aliphatic carbocycles. The number of amides is 1. The van der Waals surface area contributed by atoms with Gasteiger partial charge in [-0.05, 0) is 23.8 Å². The Morgan fingerprint density at radius 1 is 1.00 bits per heavy atom. The third-order valence-electron chi connectivity index (χ3n) is 3.93. The highest BCUT2D eigenvalue weighted by atomic mass is 79.9. The lowest BCUT2D eigenvalue weighted by atomic mass is 9.98. The lowest BCUT2D eigenvalue weighted by molar-refractivity contribution is -0.110. The van der Waals surface area contributed by atoms with Crippen LogP contribution in [0.25, 0.3) is 5.57 Å². The van der Waals surface area contributed by atoms with Crippen molar-refractivity contribution in [2.24, 2.45) is 0 Å². The van der Waals surface area contributed by atoms with E-state index in [0.29, 0.717) is 23.1 Å². The highest BCUT2D eigenvalue weighted by Crippen LogP contribution is 2.39. The third-order valence-corrected chi connectivity index (χ3v) is 4.42. The van der Waals surface area contributed by atoms with E-state index in [1.54, 1.807) is 0 Å². The van der Waals surface area contributed by atoms with Gasteiger partial charge < -0.3 is 5.32 Å². The molecule has 1 aliphatic heterocycles. The summed E-state index contributed by atoms with van der Waals surface area (Å²) in [6.07, 6.45) is 0.518. The average molecular weight is 340 g/mol. The monoisotopic (exact) mass is 339 g/mol. The molecule has 1 N–H and O–H groups in total. The summed E-state index contributed by atoms with van der Waals surface area (Å²) in [6.45, 7) is 0. The van der Waals surface area contributed by atoms with Crippen molar-refractivity contribution in [1.29, 1.82) is 0 Å². The first-order chi connectivity index (χ1) is 10.1. The molecule has 0 aromatic heterocycles. The minimum absolute atomic E-state index is 0.0384. The van der Waals surface area contributed by atoms with Gasteiger partial charge in [0, 0.05) is 33.3 Å². The zero-order valence-corrected chi connectivity index (χ0v) is 12.5. The van der Waals surface area contributed by atoms with Gasteiger partial charge in [0.2, 0.25) is 0 Å². The first-order valence-corrected chi connectivity index (χ1v) is 7.41. The maximum atomic E-state index is 12.6. The molecule has 102 valence electrons. The number of allylic oxidation sites excluding steroid dienone is 1. The zero-order valence-electron chi connectivity index (χ0n) is 10.9. The maximum absolute atomic E-state index is 12.6. The van der Waals surface area contributed by atoms with Crippen LogP contribution in [-0.2, 0) is 11.2 Å². The van der Waals surface area contributed by atoms with Crippen molar-refractivity contribution in [3.05, 3.63) is 69.2 Å².